The molecule has 0 saturated carbocycles. The normalized spacial score (nSPS) is 16.3. The summed E-state index contributed by atoms with van der Waals surface area (Å²) >= 11 is 0. The number of nitrogens with one attached hydrogen (secondary N) is 1. The third kappa shape index (κ3) is 4.63. The average molecular weight is 409 g/mol. The minimum atomic E-state index is -0.894. The van der Waals surface area contributed by atoms with Crippen LogP contribution in [0.2, 0.25) is 0 Å². The first-order chi connectivity index (χ1) is 14.6. The van der Waals surface area contributed by atoms with Crippen LogP contribution < -0.4 is 10.2 Å². The second-order valence-electron chi connectivity index (χ2n) is 7.05. The molecule has 1 saturated heterocycles. The Morgan fingerprint density at radius 3 is 2.73 bits per heavy atom. The number of morpholine rings is 1. The Morgan fingerprint density at radius 2 is 1.93 bits per heavy atom. The van der Waals surface area contributed by atoms with Gasteiger partial charge >= 0.3 is 0 Å². The van der Waals surface area contributed by atoms with Crippen molar-refractivity contribution >= 4 is 11.6 Å². The first-order valence-corrected chi connectivity index (χ1v) is 9.70. The molecule has 1 fully saturated rings. The van der Waals surface area contributed by atoms with Crippen LogP contribution in [-0.4, -0.2) is 30.6 Å². The molecule has 7 heteroatoms. The van der Waals surface area contributed by atoms with Crippen molar-refractivity contribution in [3.63, 3.8) is 0 Å². The second kappa shape index (κ2) is 9.00. The molecule has 1 unspecified atom stereocenters. The zero-order chi connectivity index (χ0) is 20.9. The molecule has 0 aliphatic carbocycles. The number of benzene rings is 2. The lowest BCUT2D eigenvalue weighted by Gasteiger charge is -2.34. The molecule has 1 aliphatic heterocycles. The Hall–Kier alpha value is -3.32. The molecule has 0 bridgehead atoms. The van der Waals surface area contributed by atoms with Gasteiger partial charge in [-0.2, -0.15) is 0 Å². The predicted molar refractivity (Wildman–Crippen MR) is 109 cm³/mol. The molecule has 1 atom stereocenters. The fourth-order valence-electron chi connectivity index (χ4n) is 3.41. The van der Waals surface area contributed by atoms with Crippen LogP contribution in [0, 0.1) is 11.6 Å². The Morgan fingerprint density at radius 1 is 1.10 bits per heavy atom. The lowest BCUT2D eigenvalue weighted by atomic mass is 10.1. The molecule has 30 heavy (non-hydrogen) atoms. The monoisotopic (exact) mass is 409 g/mol. The summed E-state index contributed by atoms with van der Waals surface area (Å²) in [5, 5.41) is 2.87. The van der Waals surface area contributed by atoms with Gasteiger partial charge in [0.25, 0.3) is 5.91 Å². The highest BCUT2D eigenvalue weighted by atomic mass is 19.2. The van der Waals surface area contributed by atoms with Gasteiger partial charge in [0.05, 0.1) is 6.61 Å². The highest BCUT2D eigenvalue weighted by Gasteiger charge is 2.24. The van der Waals surface area contributed by atoms with Crippen molar-refractivity contribution in [2.45, 2.75) is 12.6 Å². The van der Waals surface area contributed by atoms with Crippen molar-refractivity contribution in [1.82, 2.24) is 10.3 Å². The van der Waals surface area contributed by atoms with Crippen molar-refractivity contribution in [1.29, 1.82) is 0 Å². The van der Waals surface area contributed by atoms with Crippen LogP contribution in [0.15, 0.2) is 66.9 Å². The molecule has 2 aromatic carbocycles. The molecule has 1 aromatic heterocycles. The maximum Gasteiger partial charge on any atom is 0.270 e. The molecule has 154 valence electrons. The van der Waals surface area contributed by atoms with E-state index in [1.165, 1.54) is 12.1 Å². The van der Waals surface area contributed by atoms with Gasteiger partial charge < -0.3 is 15.0 Å². The van der Waals surface area contributed by atoms with E-state index >= 15 is 0 Å². The third-order valence-electron chi connectivity index (χ3n) is 5.02. The summed E-state index contributed by atoms with van der Waals surface area (Å²) in [7, 11) is 0. The Kier molecular flexibility index (Phi) is 5.99. The SMILES string of the molecule is O=C(NCc1ccccc1)c1cc(N2CCOC(c3ccc(F)c(F)c3)C2)ccn1. The van der Waals surface area contributed by atoms with Gasteiger partial charge in [-0.25, -0.2) is 8.78 Å². The van der Waals surface area contributed by atoms with E-state index in [1.807, 2.05) is 41.3 Å². The molecular formula is C23H21F2N3O2. The molecule has 1 N–H and O–H groups in total. The standard InChI is InChI=1S/C23H21F2N3O2/c24-19-7-6-17(12-20(19)25)22-15-28(10-11-30-22)18-8-9-26-21(13-18)23(29)27-14-16-4-2-1-3-5-16/h1-9,12-13,22H,10-11,14-15H2,(H,27,29). The van der Waals surface area contributed by atoms with Crippen molar-refractivity contribution in [3.05, 3.63) is 95.3 Å². The fraction of sp³-hybridized carbons (Fsp3) is 0.217. The lowest BCUT2D eigenvalue weighted by Crippen LogP contribution is -2.38. The second-order valence-corrected chi connectivity index (χ2v) is 7.05. The summed E-state index contributed by atoms with van der Waals surface area (Å²) in [6.45, 7) is 1.93. The number of pyridine rings is 1. The first-order valence-electron chi connectivity index (χ1n) is 9.70. The first kappa shape index (κ1) is 20.0. The number of ether oxygens (including phenoxy) is 1. The van der Waals surface area contributed by atoms with E-state index in [9.17, 15) is 13.6 Å². The highest BCUT2D eigenvalue weighted by Crippen LogP contribution is 2.27. The van der Waals surface area contributed by atoms with Gasteiger partial charge in [-0.05, 0) is 35.4 Å². The van der Waals surface area contributed by atoms with E-state index in [4.69, 9.17) is 4.74 Å². The van der Waals surface area contributed by atoms with Crippen LogP contribution in [0.3, 0.4) is 0 Å². The Bertz CT molecular complexity index is 1030. The molecule has 2 heterocycles. The van der Waals surface area contributed by atoms with E-state index in [0.29, 0.717) is 37.5 Å². The number of anilines is 1. The summed E-state index contributed by atoms with van der Waals surface area (Å²) in [6, 6.07) is 17.0. The van der Waals surface area contributed by atoms with Crippen LogP contribution >= 0.6 is 0 Å². The van der Waals surface area contributed by atoms with Crippen molar-refractivity contribution < 1.29 is 18.3 Å². The van der Waals surface area contributed by atoms with Crippen LogP contribution in [0.5, 0.6) is 0 Å². The van der Waals surface area contributed by atoms with Gasteiger partial charge in [0.2, 0.25) is 0 Å². The van der Waals surface area contributed by atoms with Crippen LogP contribution in [0.1, 0.15) is 27.7 Å². The number of aromatic nitrogens is 1. The van der Waals surface area contributed by atoms with Gasteiger partial charge in [-0.15, -0.1) is 0 Å². The third-order valence-corrected chi connectivity index (χ3v) is 5.02. The maximum absolute atomic E-state index is 13.6. The molecule has 0 radical (unpaired) electrons. The summed E-state index contributed by atoms with van der Waals surface area (Å²) in [5.74, 6) is -2.03. The zero-order valence-corrected chi connectivity index (χ0v) is 16.2. The van der Waals surface area contributed by atoms with E-state index in [0.717, 1.165) is 17.3 Å². The summed E-state index contributed by atoms with van der Waals surface area (Å²) in [4.78, 5) is 18.7. The molecule has 0 spiro atoms. The number of rotatable bonds is 5. The number of nitrogens with zero attached hydrogens (tertiary/aromatic N) is 2. The molecule has 1 amide bonds. The van der Waals surface area contributed by atoms with Gasteiger partial charge in [-0.1, -0.05) is 36.4 Å². The zero-order valence-electron chi connectivity index (χ0n) is 16.2. The fourth-order valence-corrected chi connectivity index (χ4v) is 3.41. The average Bonchev–Trinajstić information content (AvgIpc) is 2.80. The van der Waals surface area contributed by atoms with Crippen molar-refractivity contribution in [2.24, 2.45) is 0 Å². The number of halogens is 2. The van der Waals surface area contributed by atoms with E-state index in [2.05, 4.69) is 10.3 Å². The van der Waals surface area contributed by atoms with E-state index in [-0.39, 0.29) is 5.91 Å². The Balaban J connectivity index is 1.44. The van der Waals surface area contributed by atoms with Crippen molar-refractivity contribution in [2.75, 3.05) is 24.6 Å². The van der Waals surface area contributed by atoms with Crippen LogP contribution in [0.4, 0.5) is 14.5 Å². The molecule has 4 rings (SSSR count). The maximum atomic E-state index is 13.6. The van der Waals surface area contributed by atoms with Crippen LogP contribution in [-0.2, 0) is 11.3 Å². The molecular weight excluding hydrogens is 388 g/mol. The number of hydrogen-bond donors (Lipinski definition) is 1. The summed E-state index contributed by atoms with van der Waals surface area (Å²) in [5.41, 5.74) is 2.73. The lowest BCUT2D eigenvalue weighted by molar-refractivity contribution is 0.0395. The number of carbonyl (C=O) groups excluding carboxylic acids is 1. The number of amides is 1. The number of hydrogen-bond acceptors (Lipinski definition) is 4. The predicted octanol–water partition coefficient (Wildman–Crippen LogP) is 3.87. The minimum Gasteiger partial charge on any atom is -0.370 e. The Labute approximate surface area is 173 Å². The van der Waals surface area contributed by atoms with E-state index in [1.54, 1.807) is 12.3 Å². The summed E-state index contributed by atoms with van der Waals surface area (Å²) in [6.07, 6.45) is 1.20. The quantitative estimate of drug-likeness (QED) is 0.695. The minimum absolute atomic E-state index is 0.258. The smallest absolute Gasteiger partial charge is 0.270 e. The molecule has 3 aromatic rings. The van der Waals surface area contributed by atoms with E-state index < -0.39 is 17.7 Å². The van der Waals surface area contributed by atoms with Gasteiger partial charge in [0, 0.05) is 31.5 Å². The molecule has 1 aliphatic rings. The summed E-state index contributed by atoms with van der Waals surface area (Å²) < 4.78 is 32.6. The van der Waals surface area contributed by atoms with Crippen LogP contribution in [0.25, 0.3) is 0 Å². The van der Waals surface area contributed by atoms with Gasteiger partial charge in [0.15, 0.2) is 11.6 Å². The largest absolute Gasteiger partial charge is 0.370 e. The topological polar surface area (TPSA) is 54.5 Å². The van der Waals surface area contributed by atoms with Gasteiger partial charge in [0.1, 0.15) is 11.8 Å². The molecule has 5 nitrogen and oxygen atoms in total. The van der Waals surface area contributed by atoms with Crippen molar-refractivity contribution in [3.8, 4) is 0 Å². The highest BCUT2D eigenvalue weighted by molar-refractivity contribution is 5.93. The number of carbonyl (C=O) groups is 1. The van der Waals surface area contributed by atoms with Gasteiger partial charge in [-0.3, -0.25) is 9.78 Å².